The number of allylic oxidation sites excluding steroid dienone is 6. The van der Waals surface area contributed by atoms with Crippen molar-refractivity contribution in [1.29, 1.82) is 0 Å². The van der Waals surface area contributed by atoms with Crippen LogP contribution in [0.4, 0.5) is 0 Å². The van der Waals surface area contributed by atoms with E-state index in [1.807, 2.05) is 46.8 Å². The first-order valence-corrected chi connectivity index (χ1v) is 4.26. The van der Waals surface area contributed by atoms with Crippen LogP contribution in [0.1, 0.15) is 34.6 Å². The van der Waals surface area contributed by atoms with E-state index in [1.165, 1.54) is 5.57 Å². The first-order valence-electron chi connectivity index (χ1n) is 4.26. The third-order valence-electron chi connectivity index (χ3n) is 1.05. The second-order valence-corrected chi connectivity index (χ2v) is 1.79. The molecule has 0 radical (unpaired) electrons. The lowest BCUT2D eigenvalue weighted by Crippen LogP contribution is -1.66. The van der Waals surface area contributed by atoms with Crippen LogP contribution in [0.15, 0.2) is 36.0 Å². The summed E-state index contributed by atoms with van der Waals surface area (Å²) in [5, 5.41) is 0. The van der Waals surface area contributed by atoms with Gasteiger partial charge in [-0.1, -0.05) is 44.2 Å². The molecule has 0 unspecified atom stereocenters. The zero-order valence-corrected chi connectivity index (χ0v) is 8.39. The van der Waals surface area contributed by atoms with Crippen molar-refractivity contribution in [2.75, 3.05) is 0 Å². The topological polar surface area (TPSA) is 0 Å². The first-order chi connectivity index (χ1) is 5.35. The highest BCUT2D eigenvalue weighted by Crippen LogP contribution is 1.97. The molecule has 0 aromatic carbocycles. The largest absolute Gasteiger partial charge is 0.0871 e. The second kappa shape index (κ2) is 12.0. The molecule has 0 bridgehead atoms. The smallest absolute Gasteiger partial charge is 0.0306 e. The fourth-order valence-electron chi connectivity index (χ4n) is 0.633. The molecular formula is C11H20. The lowest BCUT2D eigenvalue weighted by atomic mass is 10.2. The molecule has 11 heavy (non-hydrogen) atoms. The van der Waals surface area contributed by atoms with Crippen LogP contribution in [-0.4, -0.2) is 0 Å². The average molecular weight is 152 g/mol. The van der Waals surface area contributed by atoms with Crippen LogP contribution in [0.2, 0.25) is 0 Å². The summed E-state index contributed by atoms with van der Waals surface area (Å²) < 4.78 is 0. The van der Waals surface area contributed by atoms with Crippen LogP contribution in [0.3, 0.4) is 0 Å². The van der Waals surface area contributed by atoms with Gasteiger partial charge >= 0.3 is 0 Å². The molecule has 0 N–H and O–H groups in total. The zero-order chi connectivity index (χ0) is 9.11. The van der Waals surface area contributed by atoms with Gasteiger partial charge in [0.1, 0.15) is 0 Å². The van der Waals surface area contributed by atoms with Gasteiger partial charge in [0, 0.05) is 0 Å². The molecule has 0 fully saturated rings. The SMILES string of the molecule is CC.CC=C(/C=C\C)/C=C/C. The number of hydrogen-bond acceptors (Lipinski definition) is 0. The molecular weight excluding hydrogens is 132 g/mol. The van der Waals surface area contributed by atoms with Crippen LogP contribution in [0, 0.1) is 0 Å². The van der Waals surface area contributed by atoms with Crippen molar-refractivity contribution in [1.82, 2.24) is 0 Å². The van der Waals surface area contributed by atoms with Crippen molar-refractivity contribution in [3.8, 4) is 0 Å². The summed E-state index contributed by atoms with van der Waals surface area (Å²) in [4.78, 5) is 0. The maximum absolute atomic E-state index is 2.08. The summed E-state index contributed by atoms with van der Waals surface area (Å²) in [6.45, 7) is 10.1. The number of hydrogen-bond donors (Lipinski definition) is 0. The van der Waals surface area contributed by atoms with Gasteiger partial charge in [0.2, 0.25) is 0 Å². The van der Waals surface area contributed by atoms with Crippen molar-refractivity contribution in [3.05, 3.63) is 36.0 Å². The summed E-state index contributed by atoms with van der Waals surface area (Å²) in [6, 6.07) is 0. The van der Waals surface area contributed by atoms with Crippen molar-refractivity contribution in [3.63, 3.8) is 0 Å². The van der Waals surface area contributed by atoms with Gasteiger partial charge in [-0.15, -0.1) is 0 Å². The molecule has 0 aliphatic heterocycles. The van der Waals surface area contributed by atoms with E-state index >= 15 is 0 Å². The minimum Gasteiger partial charge on any atom is -0.0871 e. The summed E-state index contributed by atoms with van der Waals surface area (Å²) in [5.74, 6) is 0. The highest BCUT2D eigenvalue weighted by Gasteiger charge is 1.76. The van der Waals surface area contributed by atoms with Crippen molar-refractivity contribution >= 4 is 0 Å². The minimum absolute atomic E-state index is 1.26. The fraction of sp³-hybridized carbons (Fsp3) is 0.455. The second-order valence-electron chi connectivity index (χ2n) is 1.79. The van der Waals surface area contributed by atoms with Gasteiger partial charge in [-0.2, -0.15) is 0 Å². The first kappa shape index (κ1) is 12.9. The predicted molar refractivity (Wildman–Crippen MR) is 54.7 cm³/mol. The lowest BCUT2D eigenvalue weighted by Gasteiger charge is -1.86. The Kier molecular flexibility index (Phi) is 14.0. The van der Waals surface area contributed by atoms with E-state index < -0.39 is 0 Å². The molecule has 0 saturated carbocycles. The molecule has 64 valence electrons. The summed E-state index contributed by atoms with van der Waals surface area (Å²) >= 11 is 0. The maximum atomic E-state index is 2.08. The van der Waals surface area contributed by atoms with Crippen LogP contribution < -0.4 is 0 Å². The minimum atomic E-state index is 1.26. The van der Waals surface area contributed by atoms with Crippen LogP contribution in [-0.2, 0) is 0 Å². The van der Waals surface area contributed by atoms with Gasteiger partial charge < -0.3 is 0 Å². The fourth-order valence-corrected chi connectivity index (χ4v) is 0.633. The van der Waals surface area contributed by atoms with Gasteiger partial charge in [-0.25, -0.2) is 0 Å². The molecule has 0 heterocycles. The Morgan fingerprint density at radius 1 is 0.818 bits per heavy atom. The third kappa shape index (κ3) is 9.22. The van der Waals surface area contributed by atoms with Gasteiger partial charge in [-0.05, 0) is 26.3 Å². The maximum Gasteiger partial charge on any atom is -0.0306 e. The summed E-state index contributed by atoms with van der Waals surface area (Å²) in [5.41, 5.74) is 1.26. The normalized spacial score (nSPS) is 11.9. The quantitative estimate of drug-likeness (QED) is 0.522. The van der Waals surface area contributed by atoms with E-state index in [4.69, 9.17) is 0 Å². The van der Waals surface area contributed by atoms with Gasteiger partial charge in [0.15, 0.2) is 0 Å². The van der Waals surface area contributed by atoms with Gasteiger partial charge in [0.05, 0.1) is 0 Å². The predicted octanol–water partition coefficient (Wildman–Crippen LogP) is 4.11. The Labute approximate surface area is 71.3 Å². The molecule has 0 atom stereocenters. The molecule has 0 spiro atoms. The molecule has 0 saturated heterocycles. The van der Waals surface area contributed by atoms with Crippen molar-refractivity contribution in [2.24, 2.45) is 0 Å². The highest BCUT2D eigenvalue weighted by atomic mass is 13.8. The number of rotatable bonds is 2. The van der Waals surface area contributed by atoms with E-state index in [1.54, 1.807) is 0 Å². The molecule has 0 amide bonds. The van der Waals surface area contributed by atoms with Crippen molar-refractivity contribution in [2.45, 2.75) is 34.6 Å². The molecule has 0 aromatic rings. The van der Waals surface area contributed by atoms with Gasteiger partial charge in [0.25, 0.3) is 0 Å². The van der Waals surface area contributed by atoms with Crippen molar-refractivity contribution < 1.29 is 0 Å². The van der Waals surface area contributed by atoms with E-state index in [0.29, 0.717) is 0 Å². The van der Waals surface area contributed by atoms with E-state index in [9.17, 15) is 0 Å². The zero-order valence-electron chi connectivity index (χ0n) is 8.39. The Bertz CT molecular complexity index is 122. The van der Waals surface area contributed by atoms with Crippen LogP contribution in [0.5, 0.6) is 0 Å². The van der Waals surface area contributed by atoms with Crippen LogP contribution in [0.25, 0.3) is 0 Å². The Morgan fingerprint density at radius 2 is 1.18 bits per heavy atom. The molecule has 0 aliphatic carbocycles. The molecule has 0 aromatic heterocycles. The lowest BCUT2D eigenvalue weighted by molar-refractivity contribution is 1.50. The monoisotopic (exact) mass is 152 g/mol. The standard InChI is InChI=1S/C9H14.C2H6/c1-4-7-9(6-3)8-5-2;1-2/h4-8H,1-3H3;1-2H3/b7-4-,8-5+,9-6?;. The van der Waals surface area contributed by atoms with Gasteiger partial charge in [-0.3, -0.25) is 0 Å². The Hall–Kier alpha value is -0.780. The van der Waals surface area contributed by atoms with E-state index in [0.717, 1.165) is 0 Å². The molecule has 0 heteroatoms. The highest BCUT2D eigenvalue weighted by molar-refractivity contribution is 5.29. The van der Waals surface area contributed by atoms with E-state index in [-0.39, 0.29) is 0 Å². The Balaban J connectivity index is 0. The Morgan fingerprint density at radius 3 is 1.36 bits per heavy atom. The average Bonchev–Trinajstić information content (AvgIpc) is 2.08. The summed E-state index contributed by atoms with van der Waals surface area (Å²) in [6.07, 6.45) is 10.3. The van der Waals surface area contributed by atoms with Crippen LogP contribution >= 0.6 is 0 Å². The molecule has 0 nitrogen and oxygen atoms in total. The third-order valence-corrected chi connectivity index (χ3v) is 1.05. The van der Waals surface area contributed by atoms with E-state index in [2.05, 4.69) is 18.2 Å². The molecule has 0 aliphatic rings. The molecule has 0 rings (SSSR count). The summed E-state index contributed by atoms with van der Waals surface area (Å²) in [7, 11) is 0.